The third kappa shape index (κ3) is 5.08. The number of likely N-dealkylation sites (tertiary alicyclic amines) is 1. The van der Waals surface area contributed by atoms with Crippen molar-refractivity contribution in [1.82, 2.24) is 4.90 Å². The second-order valence-corrected chi connectivity index (χ2v) is 6.58. The van der Waals surface area contributed by atoms with Crippen molar-refractivity contribution in [2.75, 3.05) is 6.54 Å². The van der Waals surface area contributed by atoms with Crippen LogP contribution in [-0.4, -0.2) is 35.5 Å². The van der Waals surface area contributed by atoms with Crippen LogP contribution in [0.5, 0.6) is 0 Å². The number of nitrogens with zero attached hydrogens (tertiary/aromatic N) is 2. The van der Waals surface area contributed by atoms with Gasteiger partial charge in [-0.25, -0.2) is 0 Å². The summed E-state index contributed by atoms with van der Waals surface area (Å²) >= 11 is 2.15. The summed E-state index contributed by atoms with van der Waals surface area (Å²) in [5.41, 5.74) is 0.896. The molecule has 0 N–H and O–H groups in total. The highest BCUT2D eigenvalue weighted by atomic mass is 127. The topological polar surface area (TPSA) is 55.7 Å². The first-order valence-corrected chi connectivity index (χ1v) is 8.20. The number of aliphatic imine (C=N–C) groups is 1. The summed E-state index contributed by atoms with van der Waals surface area (Å²) in [6.45, 7) is 0.762. The van der Waals surface area contributed by atoms with Gasteiger partial charge in [0.05, 0.1) is 5.90 Å². The van der Waals surface area contributed by atoms with E-state index in [1.54, 1.807) is 0 Å². The van der Waals surface area contributed by atoms with E-state index in [0.29, 0.717) is 25.9 Å². The fourth-order valence-electron chi connectivity index (χ4n) is 2.43. The summed E-state index contributed by atoms with van der Waals surface area (Å²) in [6.07, 6.45) is -3.62. The van der Waals surface area contributed by atoms with E-state index < -0.39 is 24.0 Å². The van der Waals surface area contributed by atoms with Gasteiger partial charge in [-0.1, -0.05) is 12.1 Å². The van der Waals surface area contributed by atoms with Crippen LogP contribution in [0.3, 0.4) is 0 Å². The zero-order chi connectivity index (χ0) is 17.0. The maximum Gasteiger partial charge on any atom is 0.419 e. The molecule has 0 aromatic heterocycles. The van der Waals surface area contributed by atoms with E-state index in [4.69, 9.17) is 0 Å². The molecule has 23 heavy (non-hydrogen) atoms. The summed E-state index contributed by atoms with van der Waals surface area (Å²) in [5, 5.41) is 11.0. The molecule has 0 saturated carbocycles. The molecule has 0 spiro atoms. The molecule has 1 heterocycles. The Labute approximate surface area is 145 Å². The van der Waals surface area contributed by atoms with Crippen LogP contribution in [0.1, 0.15) is 24.8 Å². The number of carbonyl (C=O) groups is 1. The number of hydrogen-bond donors (Lipinski definition) is 0. The molecule has 1 fully saturated rings. The van der Waals surface area contributed by atoms with Gasteiger partial charge in [0.1, 0.15) is 6.04 Å². The number of carbonyl (C=O) groups excluding carboxylic acids is 1. The van der Waals surface area contributed by atoms with Crippen LogP contribution in [0.15, 0.2) is 29.3 Å². The lowest BCUT2D eigenvalue weighted by Crippen LogP contribution is -2.41. The monoisotopic (exact) mass is 439 g/mol. The zero-order valence-electron chi connectivity index (χ0n) is 12.1. The Morgan fingerprint density at radius 2 is 2.13 bits per heavy atom. The molecule has 8 heteroatoms. The SMILES string of the molecule is O=C1C(N=C([O-])C(F)(F)F)CCCCN1Cc1cccc(I)c1. The van der Waals surface area contributed by atoms with Crippen molar-refractivity contribution in [3.8, 4) is 0 Å². The lowest BCUT2D eigenvalue weighted by Gasteiger charge is -2.24. The highest BCUT2D eigenvalue weighted by Gasteiger charge is 2.32. The highest BCUT2D eigenvalue weighted by molar-refractivity contribution is 14.1. The summed E-state index contributed by atoms with van der Waals surface area (Å²) in [5.74, 6) is -2.70. The second-order valence-electron chi connectivity index (χ2n) is 5.33. The Balaban J connectivity index is 2.16. The first-order chi connectivity index (χ1) is 10.8. The average Bonchev–Trinajstić information content (AvgIpc) is 2.62. The molecule has 1 aliphatic rings. The van der Waals surface area contributed by atoms with Crippen LogP contribution in [0.2, 0.25) is 0 Å². The Hall–Kier alpha value is -1.32. The first kappa shape index (κ1) is 18.0. The van der Waals surface area contributed by atoms with Crippen LogP contribution in [0.25, 0.3) is 0 Å². The molecule has 1 atom stereocenters. The molecular formula is C15H15F3IN2O2-. The van der Waals surface area contributed by atoms with Gasteiger partial charge in [0.25, 0.3) is 0 Å². The van der Waals surface area contributed by atoms with Crippen molar-refractivity contribution in [1.29, 1.82) is 0 Å². The van der Waals surface area contributed by atoms with E-state index in [0.717, 1.165) is 9.13 Å². The Kier molecular flexibility index (Phi) is 5.88. The van der Waals surface area contributed by atoms with Gasteiger partial charge in [0.2, 0.25) is 5.91 Å². The van der Waals surface area contributed by atoms with E-state index in [-0.39, 0.29) is 6.42 Å². The van der Waals surface area contributed by atoms with Crippen molar-refractivity contribution in [3.05, 3.63) is 33.4 Å². The molecule has 1 amide bonds. The van der Waals surface area contributed by atoms with Crippen LogP contribution in [0.4, 0.5) is 13.2 Å². The zero-order valence-corrected chi connectivity index (χ0v) is 14.3. The van der Waals surface area contributed by atoms with E-state index in [1.165, 1.54) is 4.90 Å². The molecule has 1 saturated heterocycles. The number of alkyl halides is 3. The van der Waals surface area contributed by atoms with Crippen molar-refractivity contribution in [3.63, 3.8) is 0 Å². The number of benzene rings is 1. The largest absolute Gasteiger partial charge is 0.856 e. The number of hydrogen-bond acceptors (Lipinski definition) is 3. The van der Waals surface area contributed by atoms with Gasteiger partial charge in [0.15, 0.2) is 0 Å². The Bertz CT molecular complexity index is 605. The lowest BCUT2D eigenvalue weighted by molar-refractivity contribution is -0.263. The summed E-state index contributed by atoms with van der Waals surface area (Å²) in [4.78, 5) is 17.0. The van der Waals surface area contributed by atoms with Gasteiger partial charge in [-0.2, -0.15) is 13.2 Å². The van der Waals surface area contributed by atoms with Crippen molar-refractivity contribution >= 4 is 34.4 Å². The molecule has 1 unspecified atom stereocenters. The maximum atomic E-state index is 12.4. The predicted molar refractivity (Wildman–Crippen MR) is 85.7 cm³/mol. The third-order valence-electron chi connectivity index (χ3n) is 3.53. The van der Waals surface area contributed by atoms with E-state index in [1.807, 2.05) is 24.3 Å². The van der Waals surface area contributed by atoms with Crippen LogP contribution in [0, 0.1) is 3.57 Å². The minimum atomic E-state index is -5.03. The molecule has 126 valence electrons. The third-order valence-corrected chi connectivity index (χ3v) is 4.20. The normalized spacial score (nSPS) is 20.5. The van der Waals surface area contributed by atoms with Gasteiger partial charge in [-0.15, -0.1) is 0 Å². The quantitative estimate of drug-likeness (QED) is 0.413. The number of amides is 1. The van der Waals surface area contributed by atoms with Crippen molar-refractivity contribution in [2.45, 2.75) is 38.0 Å². The maximum absolute atomic E-state index is 12.4. The first-order valence-electron chi connectivity index (χ1n) is 7.12. The molecule has 2 rings (SSSR count). The molecule has 1 aromatic carbocycles. The molecule has 1 aromatic rings. The summed E-state index contributed by atoms with van der Waals surface area (Å²) in [7, 11) is 0. The minimum Gasteiger partial charge on any atom is -0.856 e. The molecular weight excluding hydrogens is 424 g/mol. The molecule has 0 bridgehead atoms. The van der Waals surface area contributed by atoms with E-state index >= 15 is 0 Å². The smallest absolute Gasteiger partial charge is 0.419 e. The van der Waals surface area contributed by atoms with Crippen molar-refractivity contribution < 1.29 is 23.1 Å². The molecule has 0 radical (unpaired) electrons. The predicted octanol–water partition coefficient (Wildman–Crippen LogP) is 2.49. The molecule has 1 aliphatic heterocycles. The molecule has 4 nitrogen and oxygen atoms in total. The van der Waals surface area contributed by atoms with Gasteiger partial charge in [0, 0.05) is 16.7 Å². The Morgan fingerprint density at radius 1 is 1.39 bits per heavy atom. The number of halogens is 4. The lowest BCUT2D eigenvalue weighted by atomic mass is 10.1. The van der Waals surface area contributed by atoms with Crippen LogP contribution < -0.4 is 5.11 Å². The van der Waals surface area contributed by atoms with E-state index in [2.05, 4.69) is 27.6 Å². The summed E-state index contributed by atoms with van der Waals surface area (Å²) < 4.78 is 38.1. The fourth-order valence-corrected chi connectivity index (χ4v) is 3.04. The molecule has 0 aliphatic carbocycles. The average molecular weight is 439 g/mol. The fraction of sp³-hybridized carbons (Fsp3) is 0.467. The minimum absolute atomic E-state index is 0.170. The van der Waals surface area contributed by atoms with Gasteiger partial charge < -0.3 is 10.0 Å². The number of rotatable bonds is 3. The Morgan fingerprint density at radius 3 is 2.78 bits per heavy atom. The van der Waals surface area contributed by atoms with Gasteiger partial charge >= 0.3 is 6.18 Å². The van der Waals surface area contributed by atoms with E-state index in [9.17, 15) is 23.1 Å². The highest BCUT2D eigenvalue weighted by Crippen LogP contribution is 2.21. The van der Waals surface area contributed by atoms with Gasteiger partial charge in [-0.05, 0) is 59.5 Å². The standard InChI is InChI=1S/C15H16F3IN2O2/c16-15(17,18)14(23)20-12-6-1-2-7-21(13(12)22)9-10-4-3-5-11(19)8-10/h3-5,8,12H,1-2,6-7,9H2,(H,20,23)/p-1. The van der Waals surface area contributed by atoms with Gasteiger partial charge in [-0.3, -0.25) is 9.79 Å². The van der Waals surface area contributed by atoms with Crippen molar-refractivity contribution in [2.24, 2.45) is 4.99 Å². The summed E-state index contributed by atoms with van der Waals surface area (Å²) in [6, 6.07) is 6.29. The second kappa shape index (κ2) is 7.50. The van der Waals surface area contributed by atoms with Crippen LogP contribution in [-0.2, 0) is 11.3 Å². The van der Waals surface area contributed by atoms with Crippen LogP contribution >= 0.6 is 22.6 Å².